The summed E-state index contributed by atoms with van der Waals surface area (Å²) in [6, 6.07) is 0.392. The first kappa shape index (κ1) is 14.3. The minimum Gasteiger partial charge on any atom is -0.385 e. The average Bonchev–Trinajstić information content (AvgIpc) is 2.43. The quantitative estimate of drug-likeness (QED) is 0.812. The fourth-order valence-electron chi connectivity index (χ4n) is 4.22. The molecule has 2 heteroatoms. The standard InChI is InChI=1S/C16H31NO/c1-12(9-10-18-2)16(17)15-8-7-13-5-3-4-6-14(13)11-15/h12-16H,3-11,17H2,1-2H3. The second-order valence-corrected chi connectivity index (χ2v) is 6.71. The number of hydrogen-bond acceptors (Lipinski definition) is 2. The van der Waals surface area contributed by atoms with Gasteiger partial charge in [-0.1, -0.05) is 32.6 Å². The Morgan fingerprint density at radius 3 is 2.56 bits per heavy atom. The lowest BCUT2D eigenvalue weighted by atomic mass is 9.65. The zero-order chi connectivity index (χ0) is 13.0. The Labute approximate surface area is 113 Å². The third-order valence-corrected chi connectivity index (χ3v) is 5.56. The van der Waals surface area contributed by atoms with Gasteiger partial charge >= 0.3 is 0 Å². The van der Waals surface area contributed by atoms with Crippen LogP contribution in [0.3, 0.4) is 0 Å². The second kappa shape index (κ2) is 6.91. The molecular weight excluding hydrogens is 222 g/mol. The normalized spacial score (nSPS) is 35.8. The molecule has 2 fully saturated rings. The van der Waals surface area contributed by atoms with Crippen molar-refractivity contribution in [3.63, 3.8) is 0 Å². The lowest BCUT2D eigenvalue weighted by molar-refractivity contribution is 0.0979. The van der Waals surface area contributed by atoms with Crippen molar-refractivity contribution in [3.8, 4) is 0 Å². The number of methoxy groups -OCH3 is 1. The van der Waals surface area contributed by atoms with E-state index in [1.54, 1.807) is 7.11 Å². The molecule has 0 aromatic rings. The largest absolute Gasteiger partial charge is 0.385 e. The molecule has 0 radical (unpaired) electrons. The third-order valence-electron chi connectivity index (χ3n) is 5.56. The van der Waals surface area contributed by atoms with Gasteiger partial charge in [0.15, 0.2) is 0 Å². The number of nitrogens with two attached hydrogens (primary N) is 1. The van der Waals surface area contributed by atoms with Gasteiger partial charge in [-0.3, -0.25) is 0 Å². The van der Waals surface area contributed by atoms with Crippen molar-refractivity contribution in [1.29, 1.82) is 0 Å². The van der Waals surface area contributed by atoms with Gasteiger partial charge in [-0.2, -0.15) is 0 Å². The third kappa shape index (κ3) is 3.48. The Balaban J connectivity index is 1.82. The number of rotatable bonds is 5. The van der Waals surface area contributed by atoms with E-state index in [9.17, 15) is 0 Å². The van der Waals surface area contributed by atoms with E-state index in [0.29, 0.717) is 12.0 Å². The average molecular weight is 253 g/mol. The smallest absolute Gasteiger partial charge is 0.0465 e. The van der Waals surface area contributed by atoms with Crippen molar-refractivity contribution in [2.45, 2.75) is 64.3 Å². The summed E-state index contributed by atoms with van der Waals surface area (Å²) in [5.41, 5.74) is 6.50. The molecule has 0 aliphatic heterocycles. The molecule has 0 amide bonds. The molecule has 0 spiro atoms. The predicted octanol–water partition coefficient (Wildman–Crippen LogP) is 3.59. The van der Waals surface area contributed by atoms with Gasteiger partial charge in [-0.25, -0.2) is 0 Å². The molecule has 2 nitrogen and oxygen atoms in total. The molecule has 2 N–H and O–H groups in total. The summed E-state index contributed by atoms with van der Waals surface area (Å²) in [5, 5.41) is 0. The van der Waals surface area contributed by atoms with Crippen LogP contribution in [-0.4, -0.2) is 19.8 Å². The predicted molar refractivity (Wildman–Crippen MR) is 76.4 cm³/mol. The minimum absolute atomic E-state index is 0.392. The maximum atomic E-state index is 6.50. The van der Waals surface area contributed by atoms with Crippen LogP contribution in [0.2, 0.25) is 0 Å². The Morgan fingerprint density at radius 2 is 1.83 bits per heavy atom. The first-order valence-electron chi connectivity index (χ1n) is 7.97. The van der Waals surface area contributed by atoms with Gasteiger partial charge in [0.1, 0.15) is 0 Å². The molecule has 0 bridgehead atoms. The lowest BCUT2D eigenvalue weighted by Crippen LogP contribution is -2.41. The summed E-state index contributed by atoms with van der Waals surface area (Å²) < 4.78 is 5.18. The summed E-state index contributed by atoms with van der Waals surface area (Å²) in [6.07, 6.45) is 11.2. The molecule has 5 atom stereocenters. The van der Waals surface area contributed by atoms with Gasteiger partial charge in [-0.05, 0) is 49.4 Å². The van der Waals surface area contributed by atoms with Gasteiger partial charge in [0.2, 0.25) is 0 Å². The van der Waals surface area contributed by atoms with Crippen molar-refractivity contribution in [3.05, 3.63) is 0 Å². The van der Waals surface area contributed by atoms with Crippen molar-refractivity contribution in [1.82, 2.24) is 0 Å². The van der Waals surface area contributed by atoms with Crippen LogP contribution in [-0.2, 0) is 4.74 Å². The van der Waals surface area contributed by atoms with Gasteiger partial charge < -0.3 is 10.5 Å². The number of ether oxygens (including phenoxy) is 1. The molecule has 2 aliphatic rings. The van der Waals surface area contributed by atoms with Crippen LogP contribution < -0.4 is 5.73 Å². The molecule has 18 heavy (non-hydrogen) atoms. The fourth-order valence-corrected chi connectivity index (χ4v) is 4.22. The van der Waals surface area contributed by atoms with Crippen LogP contribution in [0.5, 0.6) is 0 Å². The molecule has 0 aromatic carbocycles. The van der Waals surface area contributed by atoms with Gasteiger partial charge in [0.05, 0.1) is 0 Å². The zero-order valence-corrected chi connectivity index (χ0v) is 12.2. The molecule has 0 aromatic heterocycles. The summed E-state index contributed by atoms with van der Waals surface area (Å²) in [5.74, 6) is 3.42. The highest BCUT2D eigenvalue weighted by atomic mass is 16.5. The number of hydrogen-bond donors (Lipinski definition) is 1. The highest BCUT2D eigenvalue weighted by Gasteiger charge is 2.35. The van der Waals surface area contributed by atoms with Gasteiger partial charge in [0, 0.05) is 19.8 Å². The SMILES string of the molecule is COCCC(C)C(N)C1CCC2CCCCC2C1. The highest BCUT2D eigenvalue weighted by Crippen LogP contribution is 2.44. The summed E-state index contributed by atoms with van der Waals surface area (Å²) in [7, 11) is 1.78. The molecule has 106 valence electrons. The Kier molecular flexibility index (Phi) is 5.50. The maximum Gasteiger partial charge on any atom is 0.0465 e. The van der Waals surface area contributed by atoms with Crippen LogP contribution in [0.15, 0.2) is 0 Å². The van der Waals surface area contributed by atoms with Crippen LogP contribution in [0, 0.1) is 23.7 Å². The van der Waals surface area contributed by atoms with E-state index in [0.717, 1.165) is 30.8 Å². The highest BCUT2D eigenvalue weighted by molar-refractivity contribution is 4.88. The zero-order valence-electron chi connectivity index (χ0n) is 12.2. The van der Waals surface area contributed by atoms with E-state index < -0.39 is 0 Å². The van der Waals surface area contributed by atoms with E-state index in [2.05, 4.69) is 6.92 Å². The molecular formula is C16H31NO. The fraction of sp³-hybridized carbons (Fsp3) is 1.00. The van der Waals surface area contributed by atoms with Crippen LogP contribution in [0.25, 0.3) is 0 Å². The molecule has 2 rings (SSSR count). The maximum absolute atomic E-state index is 6.50. The summed E-state index contributed by atoms with van der Waals surface area (Å²) in [4.78, 5) is 0. The van der Waals surface area contributed by atoms with Gasteiger partial charge in [-0.15, -0.1) is 0 Å². The molecule has 0 saturated heterocycles. The van der Waals surface area contributed by atoms with Crippen molar-refractivity contribution >= 4 is 0 Å². The molecule has 5 unspecified atom stereocenters. The van der Waals surface area contributed by atoms with Crippen LogP contribution in [0.4, 0.5) is 0 Å². The van der Waals surface area contributed by atoms with E-state index in [4.69, 9.17) is 10.5 Å². The minimum atomic E-state index is 0.392. The van der Waals surface area contributed by atoms with E-state index in [1.165, 1.54) is 44.9 Å². The van der Waals surface area contributed by atoms with Crippen LogP contribution >= 0.6 is 0 Å². The first-order chi connectivity index (χ1) is 8.72. The lowest BCUT2D eigenvalue weighted by Gasteiger charge is -2.42. The first-order valence-corrected chi connectivity index (χ1v) is 7.97. The monoisotopic (exact) mass is 253 g/mol. The van der Waals surface area contributed by atoms with E-state index in [1.807, 2.05) is 0 Å². The molecule has 2 aliphatic carbocycles. The van der Waals surface area contributed by atoms with E-state index in [-0.39, 0.29) is 0 Å². The Morgan fingerprint density at radius 1 is 1.11 bits per heavy atom. The van der Waals surface area contributed by atoms with Crippen molar-refractivity contribution in [2.75, 3.05) is 13.7 Å². The number of fused-ring (bicyclic) bond motifs is 1. The van der Waals surface area contributed by atoms with Crippen molar-refractivity contribution in [2.24, 2.45) is 29.4 Å². The van der Waals surface area contributed by atoms with E-state index >= 15 is 0 Å². The molecule has 0 heterocycles. The Hall–Kier alpha value is -0.0800. The van der Waals surface area contributed by atoms with Crippen LogP contribution in [0.1, 0.15) is 58.3 Å². The Bertz CT molecular complexity index is 243. The second-order valence-electron chi connectivity index (χ2n) is 6.71. The van der Waals surface area contributed by atoms with Crippen molar-refractivity contribution < 1.29 is 4.74 Å². The topological polar surface area (TPSA) is 35.2 Å². The summed E-state index contributed by atoms with van der Waals surface area (Å²) in [6.45, 7) is 3.16. The summed E-state index contributed by atoms with van der Waals surface area (Å²) >= 11 is 0. The van der Waals surface area contributed by atoms with Gasteiger partial charge in [0.25, 0.3) is 0 Å². The molecule has 2 saturated carbocycles.